The molecule has 16 heavy (non-hydrogen) atoms. The van der Waals surface area contributed by atoms with E-state index in [0.29, 0.717) is 0 Å². The highest BCUT2D eigenvalue weighted by molar-refractivity contribution is 4.74. The van der Waals surface area contributed by atoms with E-state index in [-0.39, 0.29) is 0 Å². The molecule has 1 heterocycles. The number of tetrazole rings is 1. The number of nitrogens with zero attached hydrogens (tertiary/aromatic N) is 3. The van der Waals surface area contributed by atoms with Gasteiger partial charge in [0.1, 0.15) is 0 Å². The number of aromatic nitrogens is 4. The molecule has 1 N–H and O–H groups in total. The zero-order valence-electron chi connectivity index (χ0n) is 11.6. The maximum absolute atomic E-state index is 3.89. The second kappa shape index (κ2) is 16.5. The molecule has 0 aliphatic heterocycles. The van der Waals surface area contributed by atoms with Crippen LogP contribution in [0, 0.1) is 0 Å². The molecule has 1 rings (SSSR count). The second-order valence-corrected chi connectivity index (χ2v) is 2.99. The summed E-state index contributed by atoms with van der Waals surface area (Å²) in [6, 6.07) is 0. The van der Waals surface area contributed by atoms with Crippen LogP contribution in [0.1, 0.15) is 72.5 Å². The number of hydrogen-bond donors (Lipinski definition) is 1. The van der Waals surface area contributed by atoms with Gasteiger partial charge >= 0.3 is 0 Å². The summed E-state index contributed by atoms with van der Waals surface area (Å²) in [5.74, 6) is 0.839. The zero-order valence-corrected chi connectivity index (χ0v) is 11.6. The Bertz CT molecular complexity index is 185. The van der Waals surface area contributed by atoms with Gasteiger partial charge in [0, 0.05) is 6.42 Å². The summed E-state index contributed by atoms with van der Waals surface area (Å²) in [7, 11) is 0. The highest BCUT2D eigenvalue weighted by atomic mass is 15.5. The topological polar surface area (TPSA) is 54.5 Å². The number of H-pyrrole nitrogens is 1. The Morgan fingerprint density at radius 1 is 0.938 bits per heavy atom. The van der Waals surface area contributed by atoms with Gasteiger partial charge in [0.25, 0.3) is 0 Å². The van der Waals surface area contributed by atoms with E-state index >= 15 is 0 Å². The molecule has 0 radical (unpaired) electrons. The van der Waals surface area contributed by atoms with Gasteiger partial charge in [-0.25, -0.2) is 0 Å². The van der Waals surface area contributed by atoms with Crippen molar-refractivity contribution in [2.45, 2.75) is 73.1 Å². The summed E-state index contributed by atoms with van der Waals surface area (Å²) in [6.45, 7) is 10.2. The first-order valence-corrected chi connectivity index (χ1v) is 6.66. The molecule has 96 valence electrons. The van der Waals surface area contributed by atoms with Crippen molar-refractivity contribution in [1.29, 1.82) is 0 Å². The maximum atomic E-state index is 3.89. The summed E-state index contributed by atoms with van der Waals surface area (Å²) >= 11 is 0. The number of rotatable bonds is 6. The van der Waals surface area contributed by atoms with Crippen LogP contribution in [0.4, 0.5) is 0 Å². The van der Waals surface area contributed by atoms with Crippen molar-refractivity contribution in [3.05, 3.63) is 5.82 Å². The Morgan fingerprint density at radius 2 is 1.56 bits per heavy atom. The Morgan fingerprint density at radius 3 is 2.06 bits per heavy atom. The average Bonchev–Trinajstić information content (AvgIpc) is 2.87. The Kier molecular flexibility index (Phi) is 18.0. The average molecular weight is 228 g/mol. The molecule has 1 aromatic heterocycles. The Balaban J connectivity index is 0. The number of unbranched alkanes of at least 4 members (excludes halogenated alkanes) is 4. The lowest BCUT2D eigenvalue weighted by molar-refractivity contribution is 0.623. The lowest BCUT2D eigenvalue weighted by Crippen LogP contribution is -1.88. The van der Waals surface area contributed by atoms with Gasteiger partial charge in [0.05, 0.1) is 0 Å². The molecule has 4 nitrogen and oxygen atoms in total. The highest BCUT2D eigenvalue weighted by Crippen LogP contribution is 2.04. The standard InChI is InChI=1S/C8H16N4.2C2H6/c1-2-3-4-5-6-7-8-9-11-12-10-8;2*1-2/h2-7H2,1H3,(H,9,10,11,12);2*1-2H3. The molecular weight excluding hydrogens is 200 g/mol. The molecule has 0 atom stereocenters. The van der Waals surface area contributed by atoms with Gasteiger partial charge in [-0.3, -0.25) is 0 Å². The maximum Gasteiger partial charge on any atom is 0.174 e. The first-order valence-electron chi connectivity index (χ1n) is 6.66. The molecule has 0 saturated carbocycles. The first-order chi connectivity index (χ1) is 7.93. The summed E-state index contributed by atoms with van der Waals surface area (Å²) in [6.07, 6.45) is 7.38. The predicted molar refractivity (Wildman–Crippen MR) is 69.3 cm³/mol. The minimum absolute atomic E-state index is 0.839. The minimum atomic E-state index is 0.839. The third kappa shape index (κ3) is 11.1. The van der Waals surface area contributed by atoms with Crippen LogP contribution in [-0.2, 0) is 6.42 Å². The van der Waals surface area contributed by atoms with E-state index < -0.39 is 0 Å². The quantitative estimate of drug-likeness (QED) is 0.754. The van der Waals surface area contributed by atoms with Crippen molar-refractivity contribution in [1.82, 2.24) is 20.6 Å². The lowest BCUT2D eigenvalue weighted by Gasteiger charge is -1.95. The van der Waals surface area contributed by atoms with Crippen LogP contribution in [0.3, 0.4) is 0 Å². The van der Waals surface area contributed by atoms with Crippen molar-refractivity contribution in [2.75, 3.05) is 0 Å². The van der Waals surface area contributed by atoms with Gasteiger partial charge in [-0.2, -0.15) is 5.21 Å². The number of nitrogens with one attached hydrogen (secondary N) is 1. The van der Waals surface area contributed by atoms with E-state index in [2.05, 4.69) is 27.5 Å². The van der Waals surface area contributed by atoms with Gasteiger partial charge in [0.2, 0.25) is 0 Å². The second-order valence-electron chi connectivity index (χ2n) is 2.99. The van der Waals surface area contributed by atoms with Crippen LogP contribution in [-0.4, -0.2) is 20.6 Å². The van der Waals surface area contributed by atoms with E-state index in [9.17, 15) is 0 Å². The summed E-state index contributed by atoms with van der Waals surface area (Å²) in [4.78, 5) is 0. The van der Waals surface area contributed by atoms with E-state index in [4.69, 9.17) is 0 Å². The third-order valence-electron chi connectivity index (χ3n) is 1.89. The van der Waals surface area contributed by atoms with Crippen molar-refractivity contribution < 1.29 is 0 Å². The molecule has 1 aromatic rings. The zero-order chi connectivity index (χ0) is 12.6. The molecule has 0 fully saturated rings. The highest BCUT2D eigenvalue weighted by Gasteiger charge is 1.96. The van der Waals surface area contributed by atoms with Crippen molar-refractivity contribution in [2.24, 2.45) is 0 Å². The van der Waals surface area contributed by atoms with E-state index in [1.165, 1.54) is 32.1 Å². The van der Waals surface area contributed by atoms with Gasteiger partial charge in [-0.15, -0.1) is 10.2 Å². The van der Waals surface area contributed by atoms with Crippen LogP contribution in [0.5, 0.6) is 0 Å². The fourth-order valence-corrected chi connectivity index (χ4v) is 1.18. The number of hydrogen-bond acceptors (Lipinski definition) is 3. The summed E-state index contributed by atoms with van der Waals surface area (Å²) < 4.78 is 0. The molecular formula is C12H28N4. The van der Waals surface area contributed by atoms with Gasteiger partial charge in [-0.1, -0.05) is 65.5 Å². The van der Waals surface area contributed by atoms with Crippen LogP contribution >= 0.6 is 0 Å². The van der Waals surface area contributed by atoms with Crippen molar-refractivity contribution in [3.8, 4) is 0 Å². The summed E-state index contributed by atoms with van der Waals surface area (Å²) in [5.41, 5.74) is 0. The Hall–Kier alpha value is -0.930. The van der Waals surface area contributed by atoms with Crippen LogP contribution in [0.15, 0.2) is 0 Å². The molecule has 0 saturated heterocycles. The molecule has 0 spiro atoms. The summed E-state index contributed by atoms with van der Waals surface area (Å²) in [5, 5.41) is 13.7. The van der Waals surface area contributed by atoms with Crippen LogP contribution in [0.2, 0.25) is 0 Å². The monoisotopic (exact) mass is 228 g/mol. The largest absolute Gasteiger partial charge is 0.177 e. The Labute approximate surface area is 100 Å². The number of aromatic amines is 1. The lowest BCUT2D eigenvalue weighted by atomic mass is 10.1. The van der Waals surface area contributed by atoms with E-state index in [0.717, 1.165) is 12.2 Å². The van der Waals surface area contributed by atoms with Gasteiger partial charge < -0.3 is 0 Å². The predicted octanol–water partition coefficient (Wildman–Crippen LogP) is 3.77. The first kappa shape index (κ1) is 17.5. The molecule has 0 bridgehead atoms. The minimum Gasteiger partial charge on any atom is -0.177 e. The molecule has 0 amide bonds. The fourth-order valence-electron chi connectivity index (χ4n) is 1.18. The normalized spacial score (nSPS) is 8.56. The molecule has 0 aromatic carbocycles. The smallest absolute Gasteiger partial charge is 0.174 e. The van der Waals surface area contributed by atoms with Gasteiger partial charge in [0.15, 0.2) is 5.82 Å². The van der Waals surface area contributed by atoms with Crippen LogP contribution < -0.4 is 0 Å². The molecule has 0 aliphatic carbocycles. The number of aryl methyl sites for hydroxylation is 1. The van der Waals surface area contributed by atoms with Crippen molar-refractivity contribution in [3.63, 3.8) is 0 Å². The van der Waals surface area contributed by atoms with E-state index in [1.54, 1.807) is 0 Å². The molecule has 0 aliphatic rings. The SMILES string of the molecule is CC.CC.CCCCCCCc1nn[nH]n1. The molecule has 0 unspecified atom stereocenters. The van der Waals surface area contributed by atoms with Crippen molar-refractivity contribution >= 4 is 0 Å². The fraction of sp³-hybridized carbons (Fsp3) is 0.917. The van der Waals surface area contributed by atoms with Gasteiger partial charge in [-0.05, 0) is 6.42 Å². The molecule has 4 heteroatoms. The van der Waals surface area contributed by atoms with E-state index in [1.807, 2.05) is 27.7 Å². The third-order valence-corrected chi connectivity index (χ3v) is 1.89. The van der Waals surface area contributed by atoms with Crippen LogP contribution in [0.25, 0.3) is 0 Å².